The summed E-state index contributed by atoms with van der Waals surface area (Å²) >= 11 is 0. The smallest absolute Gasteiger partial charge is 0.326 e. The first-order valence-corrected chi connectivity index (χ1v) is 6.49. The highest BCUT2D eigenvalue weighted by Gasteiger charge is 2.33. The molecule has 1 atom stereocenters. The van der Waals surface area contributed by atoms with Crippen LogP contribution < -0.4 is 5.43 Å². The largest absolute Gasteiger partial charge is 0.480 e. The molecule has 19 heavy (non-hydrogen) atoms. The minimum absolute atomic E-state index is 0.218. The van der Waals surface area contributed by atoms with E-state index in [1.807, 2.05) is 0 Å². The number of hydrogen-bond donors (Lipinski definition) is 2. The quantitative estimate of drug-likeness (QED) is 0.741. The lowest BCUT2D eigenvalue weighted by Gasteiger charge is -2.28. The molecule has 2 heterocycles. The maximum absolute atomic E-state index is 12.3. The van der Waals surface area contributed by atoms with Gasteiger partial charge in [-0.1, -0.05) is 12.8 Å². The molecule has 2 rings (SSSR count). The molecule has 0 aromatic rings. The average molecular weight is 267 g/mol. The van der Waals surface area contributed by atoms with Gasteiger partial charge in [0.2, 0.25) is 5.91 Å². The van der Waals surface area contributed by atoms with Gasteiger partial charge in [0.15, 0.2) is 0 Å². The normalized spacial score (nSPS) is 24.2. The molecule has 0 bridgehead atoms. The van der Waals surface area contributed by atoms with Crippen LogP contribution in [0.5, 0.6) is 0 Å². The molecule has 0 spiro atoms. The Morgan fingerprint density at radius 1 is 1.26 bits per heavy atom. The maximum Gasteiger partial charge on any atom is 0.326 e. The van der Waals surface area contributed by atoms with Crippen molar-refractivity contribution in [2.45, 2.75) is 44.6 Å². The summed E-state index contributed by atoms with van der Waals surface area (Å²) in [7, 11) is 0. The molecular formula is C12H17N3O4. The number of amides is 2. The summed E-state index contributed by atoms with van der Waals surface area (Å²) in [6.07, 6.45) is 3.50. The van der Waals surface area contributed by atoms with Gasteiger partial charge in [0, 0.05) is 19.4 Å². The van der Waals surface area contributed by atoms with Crippen LogP contribution in [0.2, 0.25) is 0 Å². The van der Waals surface area contributed by atoms with Crippen molar-refractivity contribution in [1.82, 2.24) is 10.3 Å². The lowest BCUT2D eigenvalue weighted by molar-refractivity contribution is -0.148. The van der Waals surface area contributed by atoms with Gasteiger partial charge in [0.25, 0.3) is 5.91 Å². The van der Waals surface area contributed by atoms with Crippen LogP contribution in [0.15, 0.2) is 5.10 Å². The zero-order valence-electron chi connectivity index (χ0n) is 10.6. The molecule has 0 aromatic carbocycles. The van der Waals surface area contributed by atoms with Gasteiger partial charge in [0.05, 0.1) is 0 Å². The Labute approximate surface area is 110 Å². The second kappa shape index (κ2) is 5.81. The van der Waals surface area contributed by atoms with Crippen molar-refractivity contribution in [2.24, 2.45) is 5.10 Å². The predicted octanol–water partition coefficient (Wildman–Crippen LogP) is 0.108. The molecule has 1 unspecified atom stereocenters. The number of carboxylic acids is 1. The predicted molar refractivity (Wildman–Crippen MR) is 66.4 cm³/mol. The first-order chi connectivity index (χ1) is 9.09. The molecule has 1 saturated heterocycles. The number of carbonyl (C=O) groups is 3. The highest BCUT2D eigenvalue weighted by molar-refractivity contribution is 6.39. The van der Waals surface area contributed by atoms with Crippen LogP contribution in [0.4, 0.5) is 0 Å². The molecule has 2 amide bonds. The third kappa shape index (κ3) is 3.10. The number of rotatable bonds is 2. The summed E-state index contributed by atoms with van der Waals surface area (Å²) in [4.78, 5) is 35.9. The molecule has 2 aliphatic rings. The maximum atomic E-state index is 12.3. The fraction of sp³-hybridized carbons (Fsp3) is 0.667. The van der Waals surface area contributed by atoms with E-state index >= 15 is 0 Å². The molecular weight excluding hydrogens is 250 g/mol. The van der Waals surface area contributed by atoms with Crippen molar-refractivity contribution in [2.75, 3.05) is 6.54 Å². The Kier molecular flexibility index (Phi) is 4.13. The topological polar surface area (TPSA) is 99.1 Å². The molecule has 7 nitrogen and oxygen atoms in total. The van der Waals surface area contributed by atoms with Gasteiger partial charge in [-0.3, -0.25) is 9.59 Å². The monoisotopic (exact) mass is 267 g/mol. The first kappa shape index (κ1) is 13.5. The van der Waals surface area contributed by atoms with Crippen molar-refractivity contribution in [3.8, 4) is 0 Å². The van der Waals surface area contributed by atoms with E-state index in [0.717, 1.165) is 19.3 Å². The summed E-state index contributed by atoms with van der Waals surface area (Å²) in [6, 6.07) is -0.782. The third-order valence-electron chi connectivity index (χ3n) is 3.45. The first-order valence-electron chi connectivity index (χ1n) is 6.49. The third-order valence-corrected chi connectivity index (χ3v) is 3.45. The molecule has 1 fully saturated rings. The zero-order chi connectivity index (χ0) is 13.8. The summed E-state index contributed by atoms with van der Waals surface area (Å²) in [5, 5.41) is 13.0. The van der Waals surface area contributed by atoms with Crippen LogP contribution in [-0.2, 0) is 14.4 Å². The molecule has 2 aliphatic heterocycles. The van der Waals surface area contributed by atoms with Gasteiger partial charge in [-0.2, -0.15) is 5.10 Å². The lowest BCUT2D eigenvalue weighted by Crippen LogP contribution is -2.48. The molecule has 2 N–H and O–H groups in total. The van der Waals surface area contributed by atoms with Crippen LogP contribution in [0.25, 0.3) is 0 Å². The van der Waals surface area contributed by atoms with E-state index in [-0.39, 0.29) is 30.4 Å². The minimum atomic E-state index is -0.976. The van der Waals surface area contributed by atoms with Gasteiger partial charge in [-0.05, 0) is 12.8 Å². The van der Waals surface area contributed by atoms with Gasteiger partial charge < -0.3 is 10.0 Å². The average Bonchev–Trinajstić information content (AvgIpc) is 2.64. The van der Waals surface area contributed by atoms with Crippen molar-refractivity contribution in [1.29, 1.82) is 0 Å². The summed E-state index contributed by atoms with van der Waals surface area (Å²) in [6.45, 7) is 0.433. The van der Waals surface area contributed by atoms with Crippen LogP contribution in [0.1, 0.15) is 38.5 Å². The molecule has 0 saturated carbocycles. The van der Waals surface area contributed by atoms with Gasteiger partial charge in [0.1, 0.15) is 11.8 Å². The highest BCUT2D eigenvalue weighted by atomic mass is 16.4. The van der Waals surface area contributed by atoms with Crippen molar-refractivity contribution >= 4 is 23.5 Å². The molecule has 0 aromatic heterocycles. The van der Waals surface area contributed by atoms with E-state index in [9.17, 15) is 19.5 Å². The second-order valence-corrected chi connectivity index (χ2v) is 4.80. The number of hydrazone groups is 1. The van der Waals surface area contributed by atoms with E-state index in [0.29, 0.717) is 13.0 Å². The van der Waals surface area contributed by atoms with Crippen LogP contribution in [0, 0.1) is 0 Å². The van der Waals surface area contributed by atoms with E-state index < -0.39 is 12.0 Å². The zero-order valence-corrected chi connectivity index (χ0v) is 10.6. The van der Waals surface area contributed by atoms with Gasteiger partial charge in [-0.25, -0.2) is 10.2 Å². The number of aliphatic carboxylic acids is 1. The van der Waals surface area contributed by atoms with Crippen LogP contribution >= 0.6 is 0 Å². The number of nitrogens with zero attached hydrogens (tertiary/aromatic N) is 2. The Balaban J connectivity index is 2.14. The van der Waals surface area contributed by atoms with Gasteiger partial charge >= 0.3 is 5.97 Å². The van der Waals surface area contributed by atoms with Crippen LogP contribution in [-0.4, -0.2) is 46.1 Å². The van der Waals surface area contributed by atoms with E-state index in [1.165, 1.54) is 4.90 Å². The molecule has 7 heteroatoms. The Morgan fingerprint density at radius 2 is 2.05 bits per heavy atom. The number of nitrogens with one attached hydrogen (secondary N) is 1. The molecule has 104 valence electrons. The van der Waals surface area contributed by atoms with Crippen molar-refractivity contribution in [3.05, 3.63) is 0 Å². The number of hydrogen-bond acceptors (Lipinski definition) is 4. The minimum Gasteiger partial charge on any atom is -0.480 e. The molecule has 0 aliphatic carbocycles. The standard InChI is InChI=1S/C12H17N3O4/c16-10-6-5-8(13-14-10)11(17)15-7-3-1-2-4-9(15)12(18)19/h9H,1-7H2,(H,14,16)(H,18,19). The summed E-state index contributed by atoms with van der Waals surface area (Å²) in [5.41, 5.74) is 2.51. The summed E-state index contributed by atoms with van der Waals surface area (Å²) < 4.78 is 0. The lowest BCUT2D eigenvalue weighted by atomic mass is 10.1. The fourth-order valence-electron chi connectivity index (χ4n) is 2.40. The number of carbonyl (C=O) groups excluding carboxylic acids is 2. The Bertz CT molecular complexity index is 433. The Hall–Kier alpha value is -1.92. The summed E-state index contributed by atoms with van der Waals surface area (Å²) in [5.74, 6) is -1.56. The van der Waals surface area contributed by atoms with E-state index in [2.05, 4.69) is 10.5 Å². The Morgan fingerprint density at radius 3 is 2.68 bits per heavy atom. The van der Waals surface area contributed by atoms with Crippen molar-refractivity contribution < 1.29 is 19.5 Å². The van der Waals surface area contributed by atoms with Crippen molar-refractivity contribution in [3.63, 3.8) is 0 Å². The van der Waals surface area contributed by atoms with E-state index in [4.69, 9.17) is 0 Å². The highest BCUT2D eigenvalue weighted by Crippen LogP contribution is 2.18. The fourth-order valence-corrected chi connectivity index (χ4v) is 2.40. The van der Waals surface area contributed by atoms with E-state index in [1.54, 1.807) is 0 Å². The number of likely N-dealkylation sites (tertiary alicyclic amines) is 1. The second-order valence-electron chi connectivity index (χ2n) is 4.80. The number of carboxylic acid groups (broad SMARTS) is 1. The van der Waals surface area contributed by atoms with Crippen LogP contribution in [0.3, 0.4) is 0 Å². The molecule has 0 radical (unpaired) electrons. The SMILES string of the molecule is O=C1CCC(C(=O)N2CCCCCC2C(=O)O)=NN1. The van der Waals surface area contributed by atoms with Gasteiger partial charge in [-0.15, -0.1) is 0 Å².